The van der Waals surface area contributed by atoms with E-state index in [4.69, 9.17) is 5.11 Å². The van der Waals surface area contributed by atoms with Crippen molar-refractivity contribution in [3.05, 3.63) is 38.1 Å². The van der Waals surface area contributed by atoms with Crippen LogP contribution >= 0.6 is 43.2 Å². The number of carboxylic acids is 1. The minimum atomic E-state index is -2.64. The fourth-order valence-corrected chi connectivity index (χ4v) is 5.00. The number of halogens is 2. The lowest BCUT2D eigenvalue weighted by Gasteiger charge is -2.25. The number of thiophene rings is 1. The third-order valence-electron chi connectivity index (χ3n) is 2.42. The van der Waals surface area contributed by atoms with Crippen molar-refractivity contribution in [2.75, 3.05) is 4.31 Å². The molecule has 1 aromatic heterocycles. The number of carbonyl (C=O) groups is 1. The van der Waals surface area contributed by atoms with Crippen molar-refractivity contribution in [1.82, 2.24) is 0 Å². The zero-order valence-electron chi connectivity index (χ0n) is 9.95. The van der Waals surface area contributed by atoms with E-state index in [0.29, 0.717) is 13.3 Å². The number of hydrogen-bond donors (Lipinski definition) is 2. The van der Waals surface area contributed by atoms with Crippen LogP contribution < -0.4 is 4.31 Å². The quantitative estimate of drug-likeness (QED) is 0.685. The van der Waals surface area contributed by atoms with Gasteiger partial charge in [0.15, 0.2) is 0 Å². The molecule has 0 aliphatic rings. The fourth-order valence-electron chi connectivity index (χ4n) is 1.57. The Morgan fingerprint density at radius 3 is 2.43 bits per heavy atom. The van der Waals surface area contributed by atoms with Crippen LogP contribution in [-0.4, -0.2) is 24.9 Å². The highest BCUT2D eigenvalue weighted by atomic mass is 79.9. The van der Waals surface area contributed by atoms with E-state index in [0.717, 1.165) is 16.4 Å². The Labute approximate surface area is 142 Å². The molecule has 0 amide bonds. The second-order valence-electron chi connectivity index (χ2n) is 3.72. The van der Waals surface area contributed by atoms with E-state index in [1.54, 1.807) is 6.07 Å². The van der Waals surface area contributed by atoms with Gasteiger partial charge in [-0.25, -0.2) is 4.79 Å². The molecule has 10 heteroatoms. The van der Waals surface area contributed by atoms with Gasteiger partial charge in [-0.05, 0) is 50.1 Å². The van der Waals surface area contributed by atoms with Gasteiger partial charge in [-0.1, -0.05) is 0 Å². The van der Waals surface area contributed by atoms with Gasteiger partial charge < -0.3 is 14.8 Å². The van der Waals surface area contributed by atoms with Crippen LogP contribution in [0.25, 0.3) is 0 Å². The molecule has 1 atom stereocenters. The molecule has 2 aromatic rings. The maximum Gasteiger partial charge on any atom is 0.339 e. The van der Waals surface area contributed by atoms with Gasteiger partial charge in [0.05, 0.1) is 25.2 Å². The average Bonchev–Trinajstić information content (AvgIpc) is 2.68. The Hall–Kier alpha value is -0.940. The fraction of sp³-hybridized carbons (Fsp3) is 0. The third kappa shape index (κ3) is 3.46. The first-order valence-corrected chi connectivity index (χ1v) is 8.65. The minimum Gasteiger partial charge on any atom is -0.755 e. The topological polar surface area (TPSA) is 101 Å². The molecule has 2 rings (SSSR count). The number of aromatic carboxylic acids is 1. The normalized spacial score (nSPS) is 12.1. The zero-order valence-corrected chi connectivity index (χ0v) is 14.8. The summed E-state index contributed by atoms with van der Waals surface area (Å²) in [5.74, 6) is -1.81. The molecule has 0 spiro atoms. The highest BCUT2D eigenvalue weighted by molar-refractivity contribution is 9.11. The Bertz CT molecular complexity index is 733. The van der Waals surface area contributed by atoms with Crippen LogP contribution in [0.5, 0.6) is 5.75 Å². The van der Waals surface area contributed by atoms with Crippen molar-refractivity contribution in [3.8, 4) is 5.75 Å². The summed E-state index contributed by atoms with van der Waals surface area (Å²) in [5.41, 5.74) is -0.178. The zero-order chi connectivity index (χ0) is 15.7. The number of hydrogen-bond acceptors (Lipinski definition) is 5. The molecular weight excluding hydrogens is 450 g/mol. The van der Waals surface area contributed by atoms with Crippen molar-refractivity contribution < 1.29 is 23.8 Å². The highest BCUT2D eigenvalue weighted by Gasteiger charge is 2.19. The summed E-state index contributed by atoms with van der Waals surface area (Å²) in [5, 5.41) is 18.9. The average molecular weight is 456 g/mol. The van der Waals surface area contributed by atoms with Gasteiger partial charge in [0.1, 0.15) is 16.3 Å². The van der Waals surface area contributed by atoms with Crippen LogP contribution in [-0.2, 0) is 11.3 Å². The van der Waals surface area contributed by atoms with Gasteiger partial charge in [0, 0.05) is 6.07 Å². The van der Waals surface area contributed by atoms with Gasteiger partial charge in [-0.15, -0.1) is 11.3 Å². The molecule has 0 fully saturated rings. The SMILES string of the molecule is O=C(O)c1ccc(N(c2sc(Br)cc2Br)S(=O)[O-])cc1O. The second-order valence-corrected chi connectivity index (χ2v) is 7.79. The minimum absolute atomic E-state index is 0.126. The van der Waals surface area contributed by atoms with Crippen molar-refractivity contribution in [3.63, 3.8) is 0 Å². The van der Waals surface area contributed by atoms with Crippen LogP contribution in [0.1, 0.15) is 10.4 Å². The number of nitrogens with zero attached hydrogens (tertiary/aromatic N) is 1. The van der Waals surface area contributed by atoms with Gasteiger partial charge in [-0.2, -0.15) is 0 Å². The van der Waals surface area contributed by atoms with Gasteiger partial charge in [-0.3, -0.25) is 8.51 Å². The van der Waals surface area contributed by atoms with E-state index < -0.39 is 23.0 Å². The number of aromatic hydroxyl groups is 1. The molecule has 1 aromatic carbocycles. The number of rotatable bonds is 4. The van der Waals surface area contributed by atoms with Crippen molar-refractivity contribution in [2.45, 2.75) is 0 Å². The lowest BCUT2D eigenvalue weighted by molar-refractivity contribution is 0.0694. The monoisotopic (exact) mass is 454 g/mol. The van der Waals surface area contributed by atoms with E-state index in [1.807, 2.05) is 0 Å². The molecule has 2 N–H and O–H groups in total. The highest BCUT2D eigenvalue weighted by Crippen LogP contribution is 2.43. The van der Waals surface area contributed by atoms with Crippen molar-refractivity contribution in [1.29, 1.82) is 0 Å². The molecular formula is C11H6Br2NO5S2-. The summed E-state index contributed by atoms with van der Waals surface area (Å²) < 4.78 is 25.2. The lowest BCUT2D eigenvalue weighted by atomic mass is 10.2. The van der Waals surface area contributed by atoms with Crippen LogP contribution in [0.3, 0.4) is 0 Å². The van der Waals surface area contributed by atoms with Gasteiger partial charge in [0.25, 0.3) is 0 Å². The van der Waals surface area contributed by atoms with E-state index in [9.17, 15) is 18.7 Å². The first-order valence-electron chi connectivity index (χ1n) is 5.22. The molecule has 112 valence electrons. The largest absolute Gasteiger partial charge is 0.755 e. The molecule has 0 saturated carbocycles. The van der Waals surface area contributed by atoms with E-state index in [1.165, 1.54) is 17.4 Å². The lowest BCUT2D eigenvalue weighted by Crippen LogP contribution is -2.18. The van der Waals surface area contributed by atoms with Crippen LogP contribution in [0.2, 0.25) is 0 Å². The smallest absolute Gasteiger partial charge is 0.339 e. The molecule has 0 aliphatic heterocycles. The molecule has 0 bridgehead atoms. The molecule has 21 heavy (non-hydrogen) atoms. The van der Waals surface area contributed by atoms with E-state index >= 15 is 0 Å². The number of carboxylic acid groups (broad SMARTS) is 1. The third-order valence-corrected chi connectivity index (χ3v) is 5.72. The maximum absolute atomic E-state index is 11.5. The Balaban J connectivity index is 2.54. The Kier molecular flexibility index (Phi) is 5.04. The van der Waals surface area contributed by atoms with E-state index in [2.05, 4.69) is 31.9 Å². The van der Waals surface area contributed by atoms with Gasteiger partial charge in [0.2, 0.25) is 0 Å². The van der Waals surface area contributed by atoms with Crippen molar-refractivity contribution >= 4 is 71.1 Å². The summed E-state index contributed by atoms with van der Waals surface area (Å²) in [6, 6.07) is 5.22. The number of anilines is 2. The summed E-state index contributed by atoms with van der Waals surface area (Å²) in [4.78, 5) is 10.9. The predicted molar refractivity (Wildman–Crippen MR) is 85.8 cm³/mol. The van der Waals surface area contributed by atoms with Crippen LogP contribution in [0, 0.1) is 0 Å². The van der Waals surface area contributed by atoms with Crippen LogP contribution in [0.4, 0.5) is 10.7 Å². The Morgan fingerprint density at radius 2 is 2.00 bits per heavy atom. The van der Waals surface area contributed by atoms with Crippen LogP contribution in [0.15, 0.2) is 32.5 Å². The molecule has 1 heterocycles. The predicted octanol–water partition coefficient (Wildman–Crippen LogP) is 3.61. The second kappa shape index (κ2) is 6.44. The van der Waals surface area contributed by atoms with Crippen molar-refractivity contribution in [2.24, 2.45) is 0 Å². The summed E-state index contributed by atoms with van der Waals surface area (Å²) >= 11 is 5.02. The molecule has 0 saturated heterocycles. The van der Waals surface area contributed by atoms with Gasteiger partial charge >= 0.3 is 5.97 Å². The summed E-state index contributed by atoms with van der Waals surface area (Å²) in [6.07, 6.45) is 0. The molecule has 1 unspecified atom stereocenters. The maximum atomic E-state index is 11.5. The molecule has 0 radical (unpaired) electrons. The molecule has 0 aliphatic carbocycles. The standard InChI is InChI=1S/C11H7Br2NO5S2/c12-7-4-9(13)20-10(7)14(21(18)19)5-1-2-6(11(16)17)8(15)3-5/h1-4,15H,(H,16,17)(H,18,19)/p-1. The van der Waals surface area contributed by atoms with E-state index in [-0.39, 0.29) is 11.3 Å². The Morgan fingerprint density at radius 1 is 1.33 bits per heavy atom. The summed E-state index contributed by atoms with van der Waals surface area (Å²) in [7, 11) is 0. The number of benzene rings is 1. The molecule has 6 nitrogen and oxygen atoms in total. The number of phenols is 1. The first-order chi connectivity index (χ1) is 9.81. The summed E-state index contributed by atoms with van der Waals surface area (Å²) in [6.45, 7) is 0. The first kappa shape index (κ1) is 16.4.